The average molecular weight is 395 g/mol. The Bertz CT molecular complexity index is 882. The molecular formula is C23H30N4S. The average Bonchev–Trinajstić information content (AvgIpc) is 3.03. The minimum absolute atomic E-state index is 0.256. The summed E-state index contributed by atoms with van der Waals surface area (Å²) in [4.78, 5) is 2.23. The van der Waals surface area contributed by atoms with Crippen LogP contribution in [0, 0.1) is 13.8 Å². The minimum Gasteiger partial charge on any atom is -0.300 e. The Balaban J connectivity index is 1.90. The zero-order valence-corrected chi connectivity index (χ0v) is 18.3. The van der Waals surface area contributed by atoms with Gasteiger partial charge in [0.15, 0.2) is 11.0 Å². The molecule has 3 aromatic rings. The van der Waals surface area contributed by atoms with E-state index >= 15 is 0 Å². The molecule has 0 aliphatic heterocycles. The summed E-state index contributed by atoms with van der Waals surface area (Å²) >= 11 is 1.77. The fourth-order valence-corrected chi connectivity index (χ4v) is 4.52. The topological polar surface area (TPSA) is 34.0 Å². The van der Waals surface area contributed by atoms with Crippen molar-refractivity contribution in [2.45, 2.75) is 50.7 Å². The number of hydrogen-bond donors (Lipinski definition) is 0. The molecule has 0 N–H and O–H groups in total. The first-order valence-corrected chi connectivity index (χ1v) is 10.8. The zero-order chi connectivity index (χ0) is 20.1. The number of thioether (sulfide) groups is 1. The van der Waals surface area contributed by atoms with Crippen molar-refractivity contribution < 1.29 is 0 Å². The highest BCUT2D eigenvalue weighted by atomic mass is 32.2. The summed E-state index contributed by atoms with van der Waals surface area (Å²) < 4.78 is 2.29. The van der Waals surface area contributed by atoms with Gasteiger partial charge in [-0.05, 0) is 45.5 Å². The van der Waals surface area contributed by atoms with Gasteiger partial charge in [0.05, 0.1) is 12.6 Å². The van der Waals surface area contributed by atoms with Crippen molar-refractivity contribution in [3.8, 4) is 0 Å². The van der Waals surface area contributed by atoms with Crippen molar-refractivity contribution in [1.82, 2.24) is 19.7 Å². The molecule has 5 heteroatoms. The molecule has 1 atom stereocenters. The van der Waals surface area contributed by atoms with Crippen molar-refractivity contribution in [2.75, 3.05) is 14.1 Å². The van der Waals surface area contributed by atoms with E-state index in [1.165, 1.54) is 22.3 Å². The summed E-state index contributed by atoms with van der Waals surface area (Å²) in [5.41, 5.74) is 5.21. The van der Waals surface area contributed by atoms with Gasteiger partial charge < -0.3 is 4.57 Å². The van der Waals surface area contributed by atoms with Crippen LogP contribution in [-0.2, 0) is 12.3 Å². The summed E-state index contributed by atoms with van der Waals surface area (Å²) in [6.45, 7) is 7.30. The summed E-state index contributed by atoms with van der Waals surface area (Å²) in [5, 5.41) is 10.2. The molecule has 0 aliphatic rings. The maximum atomic E-state index is 4.60. The molecule has 0 fully saturated rings. The van der Waals surface area contributed by atoms with E-state index in [0.29, 0.717) is 0 Å². The van der Waals surface area contributed by atoms with Gasteiger partial charge in [-0.15, -0.1) is 10.2 Å². The van der Waals surface area contributed by atoms with E-state index in [0.717, 1.165) is 29.7 Å². The molecule has 4 nitrogen and oxygen atoms in total. The van der Waals surface area contributed by atoms with Crippen LogP contribution >= 0.6 is 11.8 Å². The third-order valence-corrected chi connectivity index (χ3v) is 5.92. The van der Waals surface area contributed by atoms with E-state index in [2.05, 4.69) is 103 Å². The maximum Gasteiger partial charge on any atom is 0.191 e. The number of nitrogens with zero attached hydrogens (tertiary/aromatic N) is 4. The van der Waals surface area contributed by atoms with Gasteiger partial charge >= 0.3 is 0 Å². The predicted molar refractivity (Wildman–Crippen MR) is 118 cm³/mol. The summed E-state index contributed by atoms with van der Waals surface area (Å²) in [5.74, 6) is 1.94. The highest BCUT2D eigenvalue weighted by molar-refractivity contribution is 7.98. The Labute approximate surface area is 173 Å². The third-order valence-electron chi connectivity index (χ3n) is 4.89. The van der Waals surface area contributed by atoms with Crippen LogP contribution in [0.3, 0.4) is 0 Å². The third kappa shape index (κ3) is 5.03. The van der Waals surface area contributed by atoms with E-state index < -0.39 is 0 Å². The molecule has 0 spiro atoms. The lowest BCUT2D eigenvalue weighted by molar-refractivity contribution is 0.272. The van der Waals surface area contributed by atoms with Gasteiger partial charge in [-0.1, -0.05) is 78.3 Å². The molecule has 0 radical (unpaired) electrons. The summed E-state index contributed by atoms with van der Waals surface area (Å²) in [6.07, 6.45) is 1.00. The predicted octanol–water partition coefficient (Wildman–Crippen LogP) is 5.25. The van der Waals surface area contributed by atoms with Crippen LogP contribution in [0.2, 0.25) is 0 Å². The van der Waals surface area contributed by atoms with Gasteiger partial charge in [-0.2, -0.15) is 0 Å². The number of hydrogen-bond acceptors (Lipinski definition) is 4. The van der Waals surface area contributed by atoms with Crippen LogP contribution in [0.1, 0.15) is 47.5 Å². The molecule has 1 heterocycles. The van der Waals surface area contributed by atoms with E-state index in [4.69, 9.17) is 0 Å². The van der Waals surface area contributed by atoms with Crippen LogP contribution in [0.5, 0.6) is 0 Å². The van der Waals surface area contributed by atoms with E-state index in [1.54, 1.807) is 11.8 Å². The van der Waals surface area contributed by atoms with Crippen LogP contribution in [0.4, 0.5) is 0 Å². The zero-order valence-electron chi connectivity index (χ0n) is 17.5. The van der Waals surface area contributed by atoms with Crippen molar-refractivity contribution in [3.63, 3.8) is 0 Å². The van der Waals surface area contributed by atoms with E-state index in [-0.39, 0.29) is 6.04 Å². The first kappa shape index (κ1) is 20.6. The molecule has 1 aromatic heterocycles. The summed E-state index contributed by atoms with van der Waals surface area (Å²) in [6, 6.07) is 17.6. The molecule has 0 unspecified atom stereocenters. The first-order valence-electron chi connectivity index (χ1n) is 9.81. The lowest BCUT2D eigenvalue weighted by Crippen LogP contribution is -2.23. The normalized spacial score (nSPS) is 12.5. The van der Waals surface area contributed by atoms with Gasteiger partial charge in [-0.3, -0.25) is 4.90 Å². The Morgan fingerprint density at radius 2 is 1.64 bits per heavy atom. The Kier molecular flexibility index (Phi) is 6.92. The van der Waals surface area contributed by atoms with Crippen molar-refractivity contribution in [3.05, 3.63) is 76.6 Å². The highest BCUT2D eigenvalue weighted by Gasteiger charge is 2.22. The van der Waals surface area contributed by atoms with Gasteiger partial charge in [0.1, 0.15) is 0 Å². The molecular weight excluding hydrogens is 364 g/mol. The van der Waals surface area contributed by atoms with Crippen molar-refractivity contribution in [1.29, 1.82) is 0 Å². The Hall–Kier alpha value is -2.11. The molecule has 0 amide bonds. The number of benzene rings is 2. The maximum absolute atomic E-state index is 4.60. The van der Waals surface area contributed by atoms with Crippen LogP contribution < -0.4 is 0 Å². The molecule has 2 aromatic carbocycles. The molecule has 28 heavy (non-hydrogen) atoms. The monoisotopic (exact) mass is 394 g/mol. The lowest BCUT2D eigenvalue weighted by atomic mass is 10.1. The van der Waals surface area contributed by atoms with Crippen molar-refractivity contribution in [2.24, 2.45) is 0 Å². The second-order valence-electron chi connectivity index (χ2n) is 7.58. The molecule has 3 rings (SSSR count). The van der Waals surface area contributed by atoms with Crippen LogP contribution in [0.15, 0.2) is 53.7 Å². The fourth-order valence-electron chi connectivity index (χ4n) is 3.65. The van der Waals surface area contributed by atoms with Crippen LogP contribution in [-0.4, -0.2) is 33.8 Å². The van der Waals surface area contributed by atoms with Crippen LogP contribution in [0.25, 0.3) is 0 Å². The fraction of sp³-hybridized carbons (Fsp3) is 0.391. The molecule has 0 aliphatic carbocycles. The summed E-state index contributed by atoms with van der Waals surface area (Å²) in [7, 11) is 4.22. The van der Waals surface area contributed by atoms with E-state index in [1.807, 2.05) is 0 Å². The Morgan fingerprint density at radius 3 is 2.25 bits per heavy atom. The van der Waals surface area contributed by atoms with Gasteiger partial charge in [0, 0.05) is 5.75 Å². The smallest absolute Gasteiger partial charge is 0.191 e. The second-order valence-corrected chi connectivity index (χ2v) is 8.53. The number of aromatic nitrogens is 3. The van der Waals surface area contributed by atoms with Crippen molar-refractivity contribution >= 4 is 11.8 Å². The van der Waals surface area contributed by atoms with Gasteiger partial charge in [0.25, 0.3) is 0 Å². The standard InChI is InChI=1S/C23H30N4S/c1-6-21(26(4)5)22-24-25-23(27(22)15-19-10-8-7-9-11-19)28-16-20-13-17(2)12-18(3)14-20/h7-14,21H,6,15-16H2,1-5H3/t21-/m1/s1. The molecule has 148 valence electrons. The van der Waals surface area contributed by atoms with Gasteiger partial charge in [-0.25, -0.2) is 0 Å². The molecule has 0 saturated heterocycles. The quantitative estimate of drug-likeness (QED) is 0.489. The Morgan fingerprint density at radius 1 is 0.964 bits per heavy atom. The SMILES string of the molecule is CC[C@H](c1nnc(SCc2cc(C)cc(C)c2)n1Cc1ccccc1)N(C)C. The minimum atomic E-state index is 0.256. The van der Waals surface area contributed by atoms with E-state index in [9.17, 15) is 0 Å². The lowest BCUT2D eigenvalue weighted by Gasteiger charge is -2.23. The largest absolute Gasteiger partial charge is 0.300 e. The molecule has 0 bridgehead atoms. The highest BCUT2D eigenvalue weighted by Crippen LogP contribution is 2.28. The molecule has 0 saturated carbocycles. The number of rotatable bonds is 8. The first-order chi connectivity index (χ1) is 13.5. The second kappa shape index (κ2) is 9.39. The van der Waals surface area contributed by atoms with Gasteiger partial charge in [0.2, 0.25) is 0 Å². The number of aryl methyl sites for hydroxylation is 2.